The average molecular weight is 281 g/mol. The monoisotopic (exact) mass is 281 g/mol. The zero-order valence-electron chi connectivity index (χ0n) is 6.93. The Labute approximate surface area is 86.1 Å². The molecule has 0 aliphatic heterocycles. The van der Waals surface area contributed by atoms with Gasteiger partial charge in [0.05, 0.1) is 0 Å². The molecule has 2 N–H and O–H groups in total. The predicted octanol–water partition coefficient (Wildman–Crippen LogP) is 2.21. The molecule has 0 aromatic carbocycles. The van der Waals surface area contributed by atoms with Gasteiger partial charge in [-0.25, -0.2) is 4.79 Å². The van der Waals surface area contributed by atoms with Crippen molar-refractivity contribution >= 4 is 28.7 Å². The summed E-state index contributed by atoms with van der Waals surface area (Å²) in [6.07, 6.45) is 1.40. The molecule has 0 aromatic rings. The Bertz CT molecular complexity index is 195. The van der Waals surface area contributed by atoms with Crippen LogP contribution in [0.3, 0.4) is 0 Å². The predicted molar refractivity (Wildman–Crippen MR) is 56.3 cm³/mol. The first-order valence-corrected chi connectivity index (χ1v) is 4.86. The third-order valence-electron chi connectivity index (χ3n) is 1.51. The van der Waals surface area contributed by atoms with Crippen LogP contribution >= 0.6 is 22.6 Å². The number of nitrogens with one attached hydrogen (secondary N) is 1. The Morgan fingerprint density at radius 2 is 2.42 bits per heavy atom. The van der Waals surface area contributed by atoms with Crippen molar-refractivity contribution in [1.29, 1.82) is 0 Å². The highest BCUT2D eigenvalue weighted by atomic mass is 127. The number of amides is 1. The van der Waals surface area contributed by atoms with Gasteiger partial charge in [0.2, 0.25) is 0 Å². The summed E-state index contributed by atoms with van der Waals surface area (Å²) < 4.78 is 2.75. The van der Waals surface area contributed by atoms with E-state index in [4.69, 9.17) is 5.11 Å². The highest BCUT2D eigenvalue weighted by molar-refractivity contribution is 14.1. The molecule has 1 amide bonds. The lowest BCUT2D eigenvalue weighted by molar-refractivity contribution is 0.189. The van der Waals surface area contributed by atoms with E-state index in [-0.39, 0.29) is 6.04 Å². The summed E-state index contributed by atoms with van der Waals surface area (Å²) in [6.45, 7) is 1.96. The Kier molecular flexibility index (Phi) is 6.96. The van der Waals surface area contributed by atoms with Crippen LogP contribution in [0.2, 0.25) is 0 Å². The van der Waals surface area contributed by atoms with Crippen molar-refractivity contribution in [3.05, 3.63) is 0 Å². The van der Waals surface area contributed by atoms with Crippen LogP contribution < -0.4 is 5.32 Å². The molecule has 0 fully saturated rings. The van der Waals surface area contributed by atoms with Crippen LogP contribution in [0.1, 0.15) is 26.2 Å². The minimum atomic E-state index is -0.954. The average Bonchev–Trinajstić information content (AvgIpc) is 2.02. The number of carbonyl (C=O) groups is 1. The fourth-order valence-electron chi connectivity index (χ4n) is 0.847. The van der Waals surface area contributed by atoms with Gasteiger partial charge in [-0.15, -0.1) is 0 Å². The van der Waals surface area contributed by atoms with E-state index >= 15 is 0 Å². The summed E-state index contributed by atoms with van der Waals surface area (Å²) in [5.41, 5.74) is 0. The lowest BCUT2D eigenvalue weighted by Crippen LogP contribution is -2.32. The van der Waals surface area contributed by atoms with Gasteiger partial charge in [0, 0.05) is 35.1 Å². The first-order valence-electron chi connectivity index (χ1n) is 3.78. The summed E-state index contributed by atoms with van der Waals surface area (Å²) in [4.78, 5) is 10.3. The summed E-state index contributed by atoms with van der Waals surface area (Å²) in [5, 5.41) is 10.9. The van der Waals surface area contributed by atoms with Crippen LogP contribution in [0.25, 0.3) is 0 Å². The molecule has 1 unspecified atom stereocenters. The van der Waals surface area contributed by atoms with Crippen LogP contribution in [0.5, 0.6) is 0 Å². The maximum Gasteiger partial charge on any atom is 0.404 e. The van der Waals surface area contributed by atoms with Crippen LogP contribution in [0.4, 0.5) is 4.79 Å². The lowest BCUT2D eigenvalue weighted by atomic mass is 10.1. The Hall–Kier alpha value is -0.440. The van der Waals surface area contributed by atoms with E-state index in [1.165, 1.54) is 0 Å². The van der Waals surface area contributed by atoms with Gasteiger partial charge in [0.1, 0.15) is 0 Å². The van der Waals surface area contributed by atoms with Crippen LogP contribution in [-0.2, 0) is 0 Å². The van der Waals surface area contributed by atoms with E-state index < -0.39 is 6.09 Å². The van der Waals surface area contributed by atoms with Gasteiger partial charge in [-0.1, -0.05) is 12.8 Å². The fraction of sp³-hybridized carbons (Fsp3) is 0.625. The van der Waals surface area contributed by atoms with Gasteiger partial charge >= 0.3 is 6.09 Å². The molecular formula is C8H12INO2. The maximum absolute atomic E-state index is 10.3. The van der Waals surface area contributed by atoms with E-state index in [9.17, 15) is 4.79 Å². The topological polar surface area (TPSA) is 49.3 Å². The molecule has 68 valence electrons. The SMILES string of the molecule is CCC(CCC#CI)NC(=O)O. The largest absolute Gasteiger partial charge is 0.465 e. The molecule has 3 nitrogen and oxygen atoms in total. The van der Waals surface area contributed by atoms with Crippen molar-refractivity contribution in [2.75, 3.05) is 0 Å². The van der Waals surface area contributed by atoms with E-state index in [2.05, 4.69) is 15.2 Å². The Balaban J connectivity index is 3.64. The van der Waals surface area contributed by atoms with Gasteiger partial charge in [0.25, 0.3) is 0 Å². The number of rotatable bonds is 4. The molecular weight excluding hydrogens is 269 g/mol. The number of carboxylic acid groups (broad SMARTS) is 1. The van der Waals surface area contributed by atoms with Gasteiger partial charge in [-0.2, -0.15) is 0 Å². The van der Waals surface area contributed by atoms with Gasteiger partial charge in [-0.05, 0) is 16.8 Å². The number of hydrogen-bond acceptors (Lipinski definition) is 1. The third kappa shape index (κ3) is 6.28. The van der Waals surface area contributed by atoms with Crippen molar-refractivity contribution in [3.63, 3.8) is 0 Å². The normalized spacial score (nSPS) is 11.2. The van der Waals surface area contributed by atoms with Crippen molar-refractivity contribution in [2.24, 2.45) is 0 Å². The second kappa shape index (κ2) is 7.22. The molecule has 1 atom stereocenters. The van der Waals surface area contributed by atoms with Gasteiger partial charge in [0.15, 0.2) is 0 Å². The van der Waals surface area contributed by atoms with Crippen LogP contribution in [-0.4, -0.2) is 17.2 Å². The highest BCUT2D eigenvalue weighted by Crippen LogP contribution is 2.00. The Morgan fingerprint density at radius 3 is 2.83 bits per heavy atom. The Morgan fingerprint density at radius 1 is 1.75 bits per heavy atom. The molecule has 0 aliphatic rings. The summed E-state index contributed by atoms with van der Waals surface area (Å²) in [6, 6.07) is 0.0414. The molecule has 0 bridgehead atoms. The molecule has 0 heterocycles. The summed E-state index contributed by atoms with van der Waals surface area (Å²) in [7, 11) is 0. The van der Waals surface area contributed by atoms with Crippen LogP contribution in [0.15, 0.2) is 0 Å². The minimum absolute atomic E-state index is 0.0414. The van der Waals surface area contributed by atoms with Crippen molar-refractivity contribution in [1.82, 2.24) is 5.32 Å². The molecule has 12 heavy (non-hydrogen) atoms. The molecule has 0 radical (unpaired) electrons. The zero-order chi connectivity index (χ0) is 9.40. The summed E-state index contributed by atoms with van der Waals surface area (Å²) >= 11 is 1.97. The van der Waals surface area contributed by atoms with Gasteiger partial charge < -0.3 is 10.4 Å². The number of hydrogen-bond donors (Lipinski definition) is 2. The molecule has 0 aliphatic carbocycles. The standard InChI is InChI=1S/C8H12INO2/c1-2-7(10-8(11)12)5-3-4-6-9/h7,10H,2-3,5H2,1H3,(H,11,12). The fourth-order valence-corrected chi connectivity index (χ4v) is 1.12. The van der Waals surface area contributed by atoms with Crippen molar-refractivity contribution in [3.8, 4) is 9.85 Å². The molecule has 0 rings (SSSR count). The quantitative estimate of drug-likeness (QED) is 0.613. The molecule has 0 saturated heterocycles. The molecule has 0 saturated carbocycles. The molecule has 0 aromatic heterocycles. The minimum Gasteiger partial charge on any atom is -0.465 e. The smallest absolute Gasteiger partial charge is 0.404 e. The zero-order valence-corrected chi connectivity index (χ0v) is 9.09. The van der Waals surface area contributed by atoms with Crippen molar-refractivity contribution < 1.29 is 9.90 Å². The van der Waals surface area contributed by atoms with Gasteiger partial charge in [-0.3, -0.25) is 0 Å². The second-order valence-electron chi connectivity index (χ2n) is 2.36. The van der Waals surface area contributed by atoms with E-state index in [1.54, 1.807) is 0 Å². The molecule has 4 heteroatoms. The van der Waals surface area contributed by atoms with Crippen LogP contribution in [0, 0.1) is 9.85 Å². The second-order valence-corrected chi connectivity index (χ2v) is 2.90. The first-order chi connectivity index (χ1) is 5.70. The highest BCUT2D eigenvalue weighted by Gasteiger charge is 2.06. The van der Waals surface area contributed by atoms with E-state index in [0.29, 0.717) is 0 Å². The maximum atomic E-state index is 10.3. The van der Waals surface area contributed by atoms with E-state index in [1.807, 2.05) is 29.5 Å². The third-order valence-corrected chi connectivity index (χ3v) is 1.89. The molecule has 0 spiro atoms. The summed E-state index contributed by atoms with van der Waals surface area (Å²) in [5.74, 6) is 2.89. The lowest BCUT2D eigenvalue weighted by Gasteiger charge is -2.12. The first kappa shape index (κ1) is 11.6. The van der Waals surface area contributed by atoms with Crippen molar-refractivity contribution in [2.45, 2.75) is 32.2 Å². The van der Waals surface area contributed by atoms with E-state index in [0.717, 1.165) is 19.3 Å². The number of halogens is 1.